The van der Waals surface area contributed by atoms with E-state index in [1.54, 1.807) is 0 Å². The summed E-state index contributed by atoms with van der Waals surface area (Å²) in [5.74, 6) is -0.444. The summed E-state index contributed by atoms with van der Waals surface area (Å²) in [4.78, 5) is 23.7. The van der Waals surface area contributed by atoms with Crippen LogP contribution in [-0.2, 0) is 9.59 Å². The van der Waals surface area contributed by atoms with Crippen LogP contribution in [0.1, 0.15) is 58.8 Å². The van der Waals surface area contributed by atoms with Crippen LogP contribution >= 0.6 is 0 Å². The highest BCUT2D eigenvalue weighted by atomic mass is 16.4. The fraction of sp³-hybridized carbons (Fsp3) is 0.875. The number of fused-ring (bicyclic) bond motifs is 1. The first-order chi connectivity index (χ1) is 10.0. The monoisotopic (exact) mass is 296 g/mol. The average molecular weight is 296 g/mol. The van der Waals surface area contributed by atoms with Crippen LogP contribution in [0, 0.1) is 11.8 Å². The molecule has 1 aliphatic heterocycles. The van der Waals surface area contributed by atoms with Gasteiger partial charge in [-0.2, -0.15) is 0 Å². The normalized spacial score (nSPS) is 31.8. The quantitative estimate of drug-likeness (QED) is 0.724. The SMILES string of the molecule is CC[C@H](C)[C@H](NC(=O)C1CCC2CCCCC2N1)C(=O)O. The molecule has 1 saturated carbocycles. The van der Waals surface area contributed by atoms with Crippen LogP contribution in [0.4, 0.5) is 0 Å². The molecule has 3 N–H and O–H groups in total. The van der Waals surface area contributed by atoms with Gasteiger partial charge >= 0.3 is 5.97 Å². The molecule has 0 aromatic carbocycles. The summed E-state index contributed by atoms with van der Waals surface area (Å²) in [6.07, 6.45) is 7.57. The summed E-state index contributed by atoms with van der Waals surface area (Å²) in [5, 5.41) is 15.5. The Morgan fingerprint density at radius 2 is 1.95 bits per heavy atom. The van der Waals surface area contributed by atoms with E-state index in [2.05, 4.69) is 10.6 Å². The van der Waals surface area contributed by atoms with Gasteiger partial charge in [-0.15, -0.1) is 0 Å². The first kappa shape index (κ1) is 16.3. The fourth-order valence-electron chi connectivity index (χ4n) is 3.64. The Morgan fingerprint density at radius 3 is 2.62 bits per heavy atom. The van der Waals surface area contributed by atoms with E-state index in [1.807, 2.05) is 13.8 Å². The number of nitrogens with one attached hydrogen (secondary N) is 2. The van der Waals surface area contributed by atoms with Crippen molar-refractivity contribution in [1.82, 2.24) is 10.6 Å². The molecule has 2 rings (SSSR count). The van der Waals surface area contributed by atoms with E-state index in [4.69, 9.17) is 0 Å². The van der Waals surface area contributed by atoms with Gasteiger partial charge < -0.3 is 15.7 Å². The predicted octanol–water partition coefficient (Wildman–Crippen LogP) is 1.91. The summed E-state index contributed by atoms with van der Waals surface area (Å²) < 4.78 is 0. The first-order valence-corrected chi connectivity index (χ1v) is 8.32. The van der Waals surface area contributed by atoms with Crippen molar-refractivity contribution in [3.05, 3.63) is 0 Å². The molecule has 3 unspecified atom stereocenters. The summed E-state index contributed by atoms with van der Waals surface area (Å²) >= 11 is 0. The predicted molar refractivity (Wildman–Crippen MR) is 80.9 cm³/mol. The number of carbonyl (C=O) groups is 2. The van der Waals surface area contributed by atoms with Gasteiger partial charge in [0.05, 0.1) is 6.04 Å². The molecule has 0 aromatic heterocycles. The van der Waals surface area contributed by atoms with E-state index < -0.39 is 12.0 Å². The van der Waals surface area contributed by atoms with Crippen molar-refractivity contribution in [3.63, 3.8) is 0 Å². The lowest BCUT2D eigenvalue weighted by Gasteiger charge is -2.40. The molecule has 0 aromatic rings. The van der Waals surface area contributed by atoms with Crippen LogP contribution < -0.4 is 10.6 Å². The summed E-state index contributed by atoms with van der Waals surface area (Å²) in [5.41, 5.74) is 0. The number of carboxylic acid groups (broad SMARTS) is 1. The molecule has 2 aliphatic rings. The molecule has 5 nitrogen and oxygen atoms in total. The Kier molecular flexibility index (Phi) is 5.62. The van der Waals surface area contributed by atoms with Crippen molar-refractivity contribution in [1.29, 1.82) is 0 Å². The molecule has 2 fully saturated rings. The summed E-state index contributed by atoms with van der Waals surface area (Å²) in [6, 6.07) is -0.571. The molecule has 5 heteroatoms. The van der Waals surface area contributed by atoms with Gasteiger partial charge in [0.15, 0.2) is 0 Å². The number of amides is 1. The smallest absolute Gasteiger partial charge is 0.326 e. The highest BCUT2D eigenvalue weighted by molar-refractivity contribution is 5.87. The van der Waals surface area contributed by atoms with Gasteiger partial charge in [-0.05, 0) is 37.5 Å². The topological polar surface area (TPSA) is 78.4 Å². The van der Waals surface area contributed by atoms with Gasteiger partial charge in [0.25, 0.3) is 0 Å². The second-order valence-corrected chi connectivity index (χ2v) is 6.66. The van der Waals surface area contributed by atoms with E-state index in [0.717, 1.165) is 25.7 Å². The Labute approximate surface area is 126 Å². The lowest BCUT2D eigenvalue weighted by molar-refractivity contribution is -0.143. The molecule has 1 amide bonds. The highest BCUT2D eigenvalue weighted by Gasteiger charge is 2.36. The van der Waals surface area contributed by atoms with Crippen molar-refractivity contribution >= 4 is 11.9 Å². The minimum atomic E-state index is -0.941. The van der Waals surface area contributed by atoms with Crippen LogP contribution in [0.3, 0.4) is 0 Å². The highest BCUT2D eigenvalue weighted by Crippen LogP contribution is 2.32. The van der Waals surface area contributed by atoms with Crippen molar-refractivity contribution < 1.29 is 14.7 Å². The van der Waals surface area contributed by atoms with Gasteiger partial charge in [0.2, 0.25) is 5.91 Å². The van der Waals surface area contributed by atoms with Crippen LogP contribution in [0.5, 0.6) is 0 Å². The Bertz CT molecular complexity index is 386. The second kappa shape index (κ2) is 7.25. The number of carboxylic acids is 1. The van der Waals surface area contributed by atoms with Gasteiger partial charge in [-0.25, -0.2) is 4.79 Å². The van der Waals surface area contributed by atoms with Crippen LogP contribution in [0.15, 0.2) is 0 Å². The van der Waals surface area contributed by atoms with Crippen molar-refractivity contribution in [2.24, 2.45) is 11.8 Å². The Morgan fingerprint density at radius 1 is 1.24 bits per heavy atom. The number of rotatable bonds is 5. The van der Waals surface area contributed by atoms with Crippen LogP contribution in [-0.4, -0.2) is 35.1 Å². The number of hydrogen-bond donors (Lipinski definition) is 3. The van der Waals surface area contributed by atoms with E-state index in [0.29, 0.717) is 12.0 Å². The molecule has 0 spiro atoms. The van der Waals surface area contributed by atoms with Gasteiger partial charge in [0, 0.05) is 6.04 Å². The largest absolute Gasteiger partial charge is 0.480 e. The van der Waals surface area contributed by atoms with Gasteiger partial charge in [0.1, 0.15) is 6.04 Å². The number of carbonyl (C=O) groups excluding carboxylic acids is 1. The van der Waals surface area contributed by atoms with Crippen molar-refractivity contribution in [2.75, 3.05) is 0 Å². The van der Waals surface area contributed by atoms with E-state index in [1.165, 1.54) is 19.3 Å². The molecule has 120 valence electrons. The number of hydrogen-bond acceptors (Lipinski definition) is 3. The zero-order valence-corrected chi connectivity index (χ0v) is 13.1. The third kappa shape index (κ3) is 3.96. The molecular formula is C16H28N2O3. The van der Waals surface area contributed by atoms with Crippen LogP contribution in [0.2, 0.25) is 0 Å². The van der Waals surface area contributed by atoms with Crippen LogP contribution in [0.25, 0.3) is 0 Å². The second-order valence-electron chi connectivity index (χ2n) is 6.66. The van der Waals surface area contributed by atoms with Crippen molar-refractivity contribution in [3.8, 4) is 0 Å². The first-order valence-electron chi connectivity index (χ1n) is 8.32. The standard InChI is InChI=1S/C16H28N2O3/c1-3-10(2)14(16(20)21)18-15(19)13-9-8-11-6-4-5-7-12(11)17-13/h10-14,17H,3-9H2,1-2H3,(H,18,19)(H,20,21)/t10-,11?,12?,13?,14-/m0/s1. The minimum Gasteiger partial charge on any atom is -0.480 e. The fourth-order valence-corrected chi connectivity index (χ4v) is 3.64. The lowest BCUT2D eigenvalue weighted by Crippen LogP contribution is -2.57. The third-order valence-electron chi connectivity index (χ3n) is 5.24. The van der Waals surface area contributed by atoms with E-state index >= 15 is 0 Å². The molecular weight excluding hydrogens is 268 g/mol. The molecule has 1 aliphatic carbocycles. The minimum absolute atomic E-state index is 0.0579. The zero-order valence-electron chi connectivity index (χ0n) is 13.1. The maximum absolute atomic E-state index is 12.4. The molecule has 1 saturated heterocycles. The molecule has 1 heterocycles. The molecule has 5 atom stereocenters. The molecule has 0 radical (unpaired) electrons. The average Bonchev–Trinajstić information content (AvgIpc) is 2.50. The Balaban J connectivity index is 1.92. The van der Waals surface area contributed by atoms with Gasteiger partial charge in [-0.1, -0.05) is 33.1 Å². The maximum Gasteiger partial charge on any atom is 0.326 e. The number of aliphatic carboxylic acids is 1. The number of piperidine rings is 1. The Hall–Kier alpha value is -1.10. The van der Waals surface area contributed by atoms with Gasteiger partial charge in [-0.3, -0.25) is 4.79 Å². The summed E-state index contributed by atoms with van der Waals surface area (Å²) in [6.45, 7) is 3.81. The molecule has 0 bridgehead atoms. The van der Waals surface area contributed by atoms with E-state index in [9.17, 15) is 14.7 Å². The molecule has 21 heavy (non-hydrogen) atoms. The van der Waals surface area contributed by atoms with E-state index in [-0.39, 0.29) is 17.9 Å². The third-order valence-corrected chi connectivity index (χ3v) is 5.24. The zero-order chi connectivity index (χ0) is 15.4. The van der Waals surface area contributed by atoms with Crippen molar-refractivity contribution in [2.45, 2.75) is 76.9 Å². The summed E-state index contributed by atoms with van der Waals surface area (Å²) in [7, 11) is 0. The lowest BCUT2D eigenvalue weighted by atomic mass is 9.77. The maximum atomic E-state index is 12.4.